The van der Waals surface area contributed by atoms with Crippen LogP contribution in [0.2, 0.25) is 0 Å². The predicted octanol–water partition coefficient (Wildman–Crippen LogP) is 3.65. The van der Waals surface area contributed by atoms with Crippen molar-refractivity contribution in [2.45, 2.75) is 10.9 Å². The maximum atomic E-state index is 12.0. The summed E-state index contributed by atoms with van der Waals surface area (Å²) in [5, 5.41) is 12.8. The molecule has 2 aromatic heterocycles. The average Bonchev–Trinajstić information content (AvgIpc) is 3.10. The van der Waals surface area contributed by atoms with Crippen LogP contribution in [0.1, 0.15) is 5.56 Å². The van der Waals surface area contributed by atoms with Crippen molar-refractivity contribution in [3.8, 4) is 0 Å². The van der Waals surface area contributed by atoms with E-state index in [-0.39, 0.29) is 11.7 Å². The number of fused-ring (bicyclic) bond motifs is 3. The predicted molar refractivity (Wildman–Crippen MR) is 116 cm³/mol. The van der Waals surface area contributed by atoms with Gasteiger partial charge < -0.3 is 10.3 Å². The van der Waals surface area contributed by atoms with Crippen molar-refractivity contribution in [2.24, 2.45) is 0 Å². The molecule has 142 valence electrons. The van der Waals surface area contributed by atoms with E-state index in [2.05, 4.69) is 37.6 Å². The molecule has 6 nitrogen and oxygen atoms in total. The number of benzene rings is 2. The molecule has 0 bridgehead atoms. The van der Waals surface area contributed by atoms with E-state index < -0.39 is 0 Å². The van der Waals surface area contributed by atoms with E-state index in [1.54, 1.807) is 11.8 Å². The number of carbonyl (C=O) groups excluding carboxylic acids is 1. The minimum atomic E-state index is -0.0225. The first-order chi connectivity index (χ1) is 13.8. The van der Waals surface area contributed by atoms with Crippen molar-refractivity contribution in [3.05, 3.63) is 60.2 Å². The van der Waals surface area contributed by atoms with Crippen LogP contribution in [0, 0.1) is 0 Å². The normalized spacial score (nSPS) is 11.1. The molecule has 0 aliphatic rings. The summed E-state index contributed by atoms with van der Waals surface area (Å²) in [7, 11) is 0. The highest BCUT2D eigenvalue weighted by Gasteiger charge is 2.10. The van der Waals surface area contributed by atoms with Crippen LogP contribution >= 0.6 is 23.5 Å². The van der Waals surface area contributed by atoms with Crippen LogP contribution in [0.3, 0.4) is 0 Å². The standard InChI is InChI=1S/C20H19N5OS2/c26-17(21-10-11-27-12-14-6-2-1-3-7-14)13-28-20-23-19-18(24-25-20)15-8-4-5-9-16(15)22-19/h1-9H,10-13H2,(H,21,26)(H,22,23,25). The van der Waals surface area contributed by atoms with Gasteiger partial charge in [0.15, 0.2) is 5.65 Å². The summed E-state index contributed by atoms with van der Waals surface area (Å²) in [5.41, 5.74) is 3.72. The van der Waals surface area contributed by atoms with E-state index >= 15 is 0 Å². The van der Waals surface area contributed by atoms with Gasteiger partial charge in [-0.3, -0.25) is 4.79 Å². The van der Waals surface area contributed by atoms with E-state index in [0.717, 1.165) is 27.9 Å². The number of nitrogens with one attached hydrogen (secondary N) is 2. The second kappa shape index (κ2) is 9.07. The van der Waals surface area contributed by atoms with Gasteiger partial charge in [-0.1, -0.05) is 60.3 Å². The van der Waals surface area contributed by atoms with Crippen molar-refractivity contribution in [1.82, 2.24) is 25.5 Å². The van der Waals surface area contributed by atoms with E-state index in [9.17, 15) is 4.79 Å². The number of aromatic amines is 1. The first kappa shape index (κ1) is 18.8. The fourth-order valence-electron chi connectivity index (χ4n) is 2.77. The minimum Gasteiger partial charge on any atom is -0.355 e. The molecule has 2 heterocycles. The Balaban J connectivity index is 1.22. The molecular weight excluding hydrogens is 390 g/mol. The Morgan fingerprint density at radius 2 is 1.86 bits per heavy atom. The highest BCUT2D eigenvalue weighted by molar-refractivity contribution is 7.99. The molecule has 2 N–H and O–H groups in total. The smallest absolute Gasteiger partial charge is 0.230 e. The van der Waals surface area contributed by atoms with Crippen molar-refractivity contribution in [3.63, 3.8) is 0 Å². The first-order valence-corrected chi connectivity index (χ1v) is 11.1. The lowest BCUT2D eigenvalue weighted by atomic mass is 10.2. The Morgan fingerprint density at radius 1 is 1.04 bits per heavy atom. The number of hydrogen-bond acceptors (Lipinski definition) is 6. The molecule has 0 saturated carbocycles. The van der Waals surface area contributed by atoms with Gasteiger partial charge in [0, 0.05) is 29.0 Å². The number of hydrogen-bond donors (Lipinski definition) is 2. The molecule has 0 aliphatic carbocycles. The minimum absolute atomic E-state index is 0.0225. The number of nitrogens with zero attached hydrogens (tertiary/aromatic N) is 3. The zero-order valence-electron chi connectivity index (χ0n) is 15.1. The zero-order valence-corrected chi connectivity index (χ0v) is 16.7. The van der Waals surface area contributed by atoms with Gasteiger partial charge in [-0.25, -0.2) is 4.98 Å². The van der Waals surface area contributed by atoms with Crippen LogP contribution in [0.5, 0.6) is 0 Å². The van der Waals surface area contributed by atoms with Gasteiger partial charge in [0.05, 0.1) is 5.75 Å². The molecule has 28 heavy (non-hydrogen) atoms. The second-order valence-electron chi connectivity index (χ2n) is 6.14. The molecule has 1 amide bonds. The van der Waals surface area contributed by atoms with Gasteiger partial charge in [0.1, 0.15) is 5.52 Å². The number of aromatic nitrogens is 4. The van der Waals surface area contributed by atoms with E-state index in [1.165, 1.54) is 17.3 Å². The van der Waals surface area contributed by atoms with Crippen LogP contribution in [-0.4, -0.2) is 44.1 Å². The topological polar surface area (TPSA) is 83.6 Å². The highest BCUT2D eigenvalue weighted by Crippen LogP contribution is 2.23. The van der Waals surface area contributed by atoms with Crippen molar-refractivity contribution in [2.75, 3.05) is 18.1 Å². The molecule has 0 fully saturated rings. The molecule has 0 saturated heterocycles. The van der Waals surface area contributed by atoms with Gasteiger partial charge >= 0.3 is 0 Å². The average molecular weight is 410 g/mol. The van der Waals surface area contributed by atoms with Gasteiger partial charge in [0.2, 0.25) is 11.1 Å². The van der Waals surface area contributed by atoms with Crippen LogP contribution in [0.25, 0.3) is 22.1 Å². The Bertz CT molecular complexity index is 1080. The van der Waals surface area contributed by atoms with Crippen LogP contribution in [0.4, 0.5) is 0 Å². The van der Waals surface area contributed by atoms with Crippen molar-refractivity contribution in [1.29, 1.82) is 0 Å². The fraction of sp³-hybridized carbons (Fsp3) is 0.200. The first-order valence-electron chi connectivity index (χ1n) is 8.92. The Hall–Kier alpha value is -2.58. The van der Waals surface area contributed by atoms with Crippen LogP contribution < -0.4 is 5.32 Å². The summed E-state index contributed by atoms with van der Waals surface area (Å²) in [6, 6.07) is 18.2. The lowest BCUT2D eigenvalue weighted by molar-refractivity contribution is -0.118. The van der Waals surface area contributed by atoms with Gasteiger partial charge in [-0.05, 0) is 11.6 Å². The third-order valence-electron chi connectivity index (χ3n) is 4.12. The van der Waals surface area contributed by atoms with E-state index in [4.69, 9.17) is 0 Å². The van der Waals surface area contributed by atoms with Crippen molar-refractivity contribution < 1.29 is 4.79 Å². The number of carbonyl (C=O) groups is 1. The summed E-state index contributed by atoms with van der Waals surface area (Å²) in [4.78, 5) is 19.7. The molecule has 0 radical (unpaired) electrons. The summed E-state index contributed by atoms with van der Waals surface area (Å²) >= 11 is 3.10. The second-order valence-corrected chi connectivity index (χ2v) is 8.19. The number of thioether (sulfide) groups is 2. The van der Waals surface area contributed by atoms with Crippen LogP contribution in [-0.2, 0) is 10.5 Å². The van der Waals surface area contributed by atoms with Gasteiger partial charge in [-0.2, -0.15) is 11.8 Å². The summed E-state index contributed by atoms with van der Waals surface area (Å²) in [6.07, 6.45) is 0. The largest absolute Gasteiger partial charge is 0.355 e. The monoisotopic (exact) mass is 409 g/mol. The Labute approximate surface area is 170 Å². The third kappa shape index (κ3) is 4.63. The molecule has 0 aliphatic heterocycles. The molecule has 2 aromatic carbocycles. The van der Waals surface area contributed by atoms with E-state index in [1.807, 2.05) is 42.5 Å². The molecule has 0 spiro atoms. The molecule has 4 aromatic rings. The molecule has 0 unspecified atom stereocenters. The molecular formula is C20H19N5OS2. The fourth-order valence-corrected chi connectivity index (χ4v) is 4.21. The third-order valence-corrected chi connectivity index (χ3v) is 5.98. The van der Waals surface area contributed by atoms with Gasteiger partial charge in [-0.15, -0.1) is 10.2 Å². The van der Waals surface area contributed by atoms with Crippen LogP contribution in [0.15, 0.2) is 59.8 Å². The Kier molecular flexibility index (Phi) is 6.08. The molecule has 4 rings (SSSR count). The molecule has 0 atom stereocenters. The number of rotatable bonds is 8. The number of amides is 1. The van der Waals surface area contributed by atoms with Crippen molar-refractivity contribution >= 4 is 51.5 Å². The lowest BCUT2D eigenvalue weighted by Crippen LogP contribution is -2.27. The highest BCUT2D eigenvalue weighted by atomic mass is 32.2. The quantitative estimate of drug-likeness (QED) is 0.341. The SMILES string of the molecule is O=C(CSc1nnc2c(n1)[nH]c1ccccc12)NCCSCc1ccccc1. The summed E-state index contributed by atoms with van der Waals surface area (Å²) < 4.78 is 0. The van der Waals surface area contributed by atoms with Gasteiger partial charge in [0.25, 0.3) is 0 Å². The lowest BCUT2D eigenvalue weighted by Gasteiger charge is -2.05. The summed E-state index contributed by atoms with van der Waals surface area (Å²) in [6.45, 7) is 0.650. The van der Waals surface area contributed by atoms with E-state index in [0.29, 0.717) is 17.3 Å². The number of para-hydroxylation sites is 1. The maximum absolute atomic E-state index is 12.0. The summed E-state index contributed by atoms with van der Waals surface area (Å²) in [5.74, 6) is 2.09. The zero-order chi connectivity index (χ0) is 19.2. The number of H-pyrrole nitrogens is 1. The Morgan fingerprint density at radius 3 is 2.75 bits per heavy atom. The maximum Gasteiger partial charge on any atom is 0.230 e. The molecule has 8 heteroatoms.